The zero-order chi connectivity index (χ0) is 27.9. The molecular weight excluding hydrogens is 548 g/mol. The maximum absolute atomic E-state index is 14.3. The van der Waals surface area contributed by atoms with Crippen LogP contribution in [0.1, 0.15) is 44.9 Å². The minimum Gasteiger partial charge on any atom is -0.369 e. The van der Waals surface area contributed by atoms with Gasteiger partial charge in [-0.15, -0.1) is 0 Å². The first-order chi connectivity index (χ1) is 18.4. The largest absolute Gasteiger partial charge is 0.369 e. The molecule has 2 unspecified atom stereocenters. The van der Waals surface area contributed by atoms with Gasteiger partial charge in [0.25, 0.3) is 0 Å². The molecule has 3 N–H and O–H groups in total. The van der Waals surface area contributed by atoms with E-state index in [1.807, 2.05) is 0 Å². The highest BCUT2D eigenvalue weighted by atomic mass is 35.5. The van der Waals surface area contributed by atoms with Crippen molar-refractivity contribution in [3.8, 4) is 11.1 Å². The number of rotatable bonds is 7. The maximum atomic E-state index is 14.3. The first kappa shape index (κ1) is 26.7. The summed E-state index contributed by atoms with van der Waals surface area (Å²) in [6, 6.07) is 6.88. The van der Waals surface area contributed by atoms with Gasteiger partial charge in [-0.25, -0.2) is 17.2 Å². The van der Waals surface area contributed by atoms with E-state index >= 15 is 0 Å². The molecule has 11 heteroatoms. The average molecular weight is 578 g/mol. The van der Waals surface area contributed by atoms with Crippen molar-refractivity contribution in [3.05, 3.63) is 53.1 Å². The van der Waals surface area contributed by atoms with Crippen LogP contribution in [0.25, 0.3) is 11.1 Å². The quantitative estimate of drug-likeness (QED) is 0.513. The van der Waals surface area contributed by atoms with Gasteiger partial charge in [-0.1, -0.05) is 17.7 Å². The summed E-state index contributed by atoms with van der Waals surface area (Å²) in [5, 5.41) is 3.17. The number of nitrogens with two attached hydrogens (primary N) is 1. The molecule has 7 nitrogen and oxygen atoms in total. The molecule has 5 aliphatic carbocycles. The third kappa shape index (κ3) is 4.17. The first-order valence-electron chi connectivity index (χ1n) is 13.2. The molecule has 4 bridgehead atoms. The molecule has 0 spiro atoms. The lowest BCUT2D eigenvalue weighted by Crippen LogP contribution is -2.64. The second-order valence-electron chi connectivity index (χ2n) is 11.9. The number of nitrogens with zero attached hydrogens (tertiary/aromatic N) is 1. The van der Waals surface area contributed by atoms with E-state index in [-0.39, 0.29) is 50.7 Å². The summed E-state index contributed by atoms with van der Waals surface area (Å²) >= 11 is 6.36. The van der Waals surface area contributed by atoms with E-state index in [1.165, 1.54) is 31.3 Å². The van der Waals surface area contributed by atoms with Crippen molar-refractivity contribution in [2.24, 2.45) is 28.9 Å². The number of sulfonamides is 1. The number of primary amides is 1. The highest BCUT2D eigenvalue weighted by Gasteiger charge is 2.61. The lowest BCUT2D eigenvalue weighted by Gasteiger charge is -2.59. The van der Waals surface area contributed by atoms with E-state index in [2.05, 4.69) is 5.32 Å². The SMILES string of the molecule is CN(C1(C(=O)NC2C3CC4CC2CC(C(N)=O)(C4)C3)CC1)S(=O)(=O)c1ccc(-c2ccc(F)cc2F)c(Cl)c1. The molecule has 2 aromatic rings. The van der Waals surface area contributed by atoms with Gasteiger partial charge >= 0.3 is 0 Å². The Morgan fingerprint density at radius 1 is 1.03 bits per heavy atom. The van der Waals surface area contributed by atoms with Crippen molar-refractivity contribution in [2.75, 3.05) is 7.05 Å². The number of amides is 2. The average Bonchev–Trinajstić information content (AvgIpc) is 3.68. The Morgan fingerprint density at radius 3 is 2.23 bits per heavy atom. The summed E-state index contributed by atoms with van der Waals surface area (Å²) in [6.07, 6.45) is 4.82. The lowest BCUT2D eigenvalue weighted by molar-refractivity contribution is -0.148. The third-order valence-electron chi connectivity index (χ3n) is 9.66. The van der Waals surface area contributed by atoms with Gasteiger partial charge in [0.15, 0.2) is 0 Å². The Morgan fingerprint density at radius 2 is 1.67 bits per heavy atom. The van der Waals surface area contributed by atoms with Crippen molar-refractivity contribution in [3.63, 3.8) is 0 Å². The molecule has 0 aromatic heterocycles. The molecule has 0 radical (unpaired) electrons. The van der Waals surface area contributed by atoms with Crippen molar-refractivity contribution >= 4 is 33.4 Å². The van der Waals surface area contributed by atoms with E-state index in [0.29, 0.717) is 31.6 Å². The van der Waals surface area contributed by atoms with E-state index in [9.17, 15) is 26.8 Å². The Bertz CT molecular complexity index is 1480. The molecule has 2 amide bonds. The monoisotopic (exact) mass is 577 g/mol. The Hall–Kier alpha value is -2.56. The molecule has 39 heavy (non-hydrogen) atoms. The fourth-order valence-corrected chi connectivity index (χ4v) is 9.52. The van der Waals surface area contributed by atoms with Crippen LogP contribution >= 0.6 is 11.6 Å². The van der Waals surface area contributed by atoms with E-state index in [1.54, 1.807) is 0 Å². The summed E-state index contributed by atoms with van der Waals surface area (Å²) in [5.74, 6) is -1.37. The van der Waals surface area contributed by atoms with Crippen LogP contribution in [0.2, 0.25) is 5.02 Å². The molecule has 208 valence electrons. The molecular formula is C28H30ClF2N3O4S. The normalized spacial score (nSPS) is 30.4. The Balaban J connectivity index is 1.21. The van der Waals surface area contributed by atoms with Gasteiger partial charge in [-0.2, -0.15) is 4.31 Å². The number of carbonyl (C=O) groups is 2. The van der Waals surface area contributed by atoms with Crippen molar-refractivity contribution in [1.82, 2.24) is 9.62 Å². The predicted octanol–water partition coefficient (Wildman–Crippen LogP) is 4.23. The van der Waals surface area contributed by atoms with Crippen molar-refractivity contribution in [2.45, 2.75) is 61.4 Å². The van der Waals surface area contributed by atoms with Crippen LogP contribution in [0.15, 0.2) is 41.3 Å². The summed E-state index contributed by atoms with van der Waals surface area (Å²) < 4.78 is 55.9. The first-order valence-corrected chi connectivity index (χ1v) is 15.0. The topological polar surface area (TPSA) is 110 Å². The summed E-state index contributed by atoms with van der Waals surface area (Å²) in [7, 11) is -2.74. The molecule has 2 aromatic carbocycles. The Labute approximate surface area is 231 Å². The standard InChI is InChI=1S/C28H30ClF2N3O4S/c1-34(39(37,38)19-3-5-20(22(29)11-19)21-4-2-18(30)10-23(21)31)28(6-7-28)26(36)33-24-16-8-15-9-17(24)14-27(12-15,13-16)25(32)35/h2-5,10-11,15-17,24H,6-9,12-14H2,1H3,(H2,32,35)(H,33,36). The van der Waals surface area contributed by atoms with Gasteiger partial charge in [-0.05, 0) is 87.0 Å². The van der Waals surface area contributed by atoms with E-state index < -0.39 is 32.6 Å². The second-order valence-corrected chi connectivity index (χ2v) is 14.3. The summed E-state index contributed by atoms with van der Waals surface area (Å²) in [5.41, 5.74) is 4.38. The minimum atomic E-state index is -4.13. The van der Waals surface area contributed by atoms with Gasteiger partial charge in [0.05, 0.1) is 4.90 Å². The van der Waals surface area contributed by atoms with Crippen LogP contribution in [0.3, 0.4) is 0 Å². The molecule has 5 fully saturated rings. The number of nitrogens with one attached hydrogen (secondary N) is 1. The number of likely N-dealkylation sites (N-methyl/N-ethyl adjacent to an activating group) is 1. The smallest absolute Gasteiger partial charge is 0.243 e. The van der Waals surface area contributed by atoms with Gasteiger partial charge in [0.1, 0.15) is 17.2 Å². The van der Waals surface area contributed by atoms with Crippen LogP contribution < -0.4 is 11.1 Å². The number of halogens is 3. The van der Waals surface area contributed by atoms with Crippen molar-refractivity contribution in [1.29, 1.82) is 0 Å². The van der Waals surface area contributed by atoms with Crippen LogP contribution in [0, 0.1) is 34.8 Å². The highest BCUT2D eigenvalue weighted by Crippen LogP contribution is 2.60. The third-order valence-corrected chi connectivity index (χ3v) is 11.9. The second kappa shape index (κ2) is 8.97. The van der Waals surface area contributed by atoms with Crippen LogP contribution in [0.5, 0.6) is 0 Å². The number of benzene rings is 2. The van der Waals surface area contributed by atoms with Gasteiger partial charge in [0, 0.05) is 40.7 Å². The van der Waals surface area contributed by atoms with Crippen LogP contribution in [0.4, 0.5) is 8.78 Å². The highest BCUT2D eigenvalue weighted by molar-refractivity contribution is 7.89. The molecule has 5 aliphatic rings. The fraction of sp³-hybridized carbons (Fsp3) is 0.500. The molecule has 0 aliphatic heterocycles. The molecule has 2 atom stereocenters. The van der Waals surface area contributed by atoms with Crippen molar-refractivity contribution < 1.29 is 26.8 Å². The lowest BCUT2D eigenvalue weighted by atomic mass is 9.47. The molecule has 7 rings (SSSR count). The number of hydrogen-bond donors (Lipinski definition) is 2. The number of carbonyl (C=O) groups excluding carboxylic acids is 2. The van der Waals surface area contributed by atoms with Gasteiger partial charge < -0.3 is 11.1 Å². The maximum Gasteiger partial charge on any atom is 0.243 e. The van der Waals surface area contributed by atoms with E-state index in [0.717, 1.165) is 35.7 Å². The zero-order valence-electron chi connectivity index (χ0n) is 21.4. The summed E-state index contributed by atoms with van der Waals surface area (Å²) in [4.78, 5) is 25.7. The van der Waals surface area contributed by atoms with Crippen LogP contribution in [-0.2, 0) is 19.6 Å². The number of hydrogen-bond acceptors (Lipinski definition) is 4. The minimum absolute atomic E-state index is 0.0127. The molecule has 0 saturated heterocycles. The predicted molar refractivity (Wildman–Crippen MR) is 141 cm³/mol. The zero-order valence-corrected chi connectivity index (χ0v) is 23.0. The summed E-state index contributed by atoms with van der Waals surface area (Å²) in [6.45, 7) is 0. The van der Waals surface area contributed by atoms with E-state index in [4.69, 9.17) is 17.3 Å². The Kier molecular flexibility index (Phi) is 6.13. The fourth-order valence-electron chi connectivity index (χ4n) is 7.62. The molecule has 0 heterocycles. The van der Waals surface area contributed by atoms with Gasteiger partial charge in [-0.3, -0.25) is 9.59 Å². The molecule has 5 saturated carbocycles. The van der Waals surface area contributed by atoms with Crippen LogP contribution in [-0.4, -0.2) is 43.2 Å². The van der Waals surface area contributed by atoms with Gasteiger partial charge in [0.2, 0.25) is 21.8 Å².